The third-order valence-corrected chi connectivity index (χ3v) is 2.66. The van der Waals surface area contributed by atoms with Gasteiger partial charge in [0.2, 0.25) is 0 Å². The molecule has 1 aliphatic heterocycles. The van der Waals surface area contributed by atoms with E-state index in [0.29, 0.717) is 5.92 Å². The van der Waals surface area contributed by atoms with Crippen molar-refractivity contribution in [2.24, 2.45) is 11.3 Å². The molecule has 82 valence electrons. The predicted molar refractivity (Wildman–Crippen MR) is 58.0 cm³/mol. The summed E-state index contributed by atoms with van der Waals surface area (Å²) in [5.74, 6) is 0.510. The van der Waals surface area contributed by atoms with E-state index >= 15 is 0 Å². The van der Waals surface area contributed by atoms with Crippen LogP contribution >= 0.6 is 0 Å². The van der Waals surface area contributed by atoms with Crippen LogP contribution in [-0.4, -0.2) is 19.0 Å². The molecule has 0 aromatic heterocycles. The van der Waals surface area contributed by atoms with E-state index in [1.54, 1.807) is 0 Å². The van der Waals surface area contributed by atoms with Crippen molar-refractivity contribution in [1.29, 1.82) is 0 Å². The molecule has 2 unspecified atom stereocenters. The van der Waals surface area contributed by atoms with E-state index in [2.05, 4.69) is 34.3 Å². The van der Waals surface area contributed by atoms with E-state index in [1.807, 2.05) is 6.92 Å². The van der Waals surface area contributed by atoms with E-state index in [-0.39, 0.29) is 17.8 Å². The summed E-state index contributed by atoms with van der Waals surface area (Å²) >= 11 is 0. The molecule has 0 aromatic rings. The van der Waals surface area contributed by atoms with E-state index in [9.17, 15) is 0 Å². The summed E-state index contributed by atoms with van der Waals surface area (Å²) in [5, 5.41) is 0. The topological polar surface area (TPSA) is 18.5 Å². The lowest BCUT2D eigenvalue weighted by Crippen LogP contribution is -2.48. The Morgan fingerprint density at radius 3 is 2.43 bits per heavy atom. The zero-order chi connectivity index (χ0) is 10.9. The van der Waals surface area contributed by atoms with E-state index < -0.39 is 0 Å². The molecule has 2 heteroatoms. The molecule has 0 radical (unpaired) electrons. The molecule has 2 nitrogen and oxygen atoms in total. The second kappa shape index (κ2) is 4.03. The Hall–Kier alpha value is -0.340. The maximum absolute atomic E-state index is 5.90. The van der Waals surface area contributed by atoms with Gasteiger partial charge in [-0.3, -0.25) is 0 Å². The van der Waals surface area contributed by atoms with Crippen LogP contribution in [0.1, 0.15) is 34.6 Å². The Kier molecular flexibility index (Phi) is 3.38. The molecular weight excluding hydrogens is 176 g/mol. The second-order valence-electron chi connectivity index (χ2n) is 5.28. The van der Waals surface area contributed by atoms with Crippen molar-refractivity contribution in [1.82, 2.24) is 0 Å². The average molecular weight is 198 g/mol. The Morgan fingerprint density at radius 1 is 1.43 bits per heavy atom. The molecule has 0 aromatic carbocycles. The van der Waals surface area contributed by atoms with E-state index in [4.69, 9.17) is 9.47 Å². The average Bonchev–Trinajstić information content (AvgIpc) is 2.02. The van der Waals surface area contributed by atoms with Crippen LogP contribution in [0.4, 0.5) is 0 Å². The van der Waals surface area contributed by atoms with Gasteiger partial charge in [-0.25, -0.2) is 0 Å². The first-order valence-corrected chi connectivity index (χ1v) is 5.27. The van der Waals surface area contributed by atoms with Gasteiger partial charge in [0.15, 0.2) is 6.29 Å². The summed E-state index contributed by atoms with van der Waals surface area (Å²) in [6.07, 6.45) is 0.0355. The lowest BCUT2D eigenvalue weighted by molar-refractivity contribution is -0.253. The molecular formula is C12H22O2. The Bertz CT molecular complexity index is 218. The standard InChI is InChI=1S/C12H22O2/c1-8(2)10-12(5,6)7-13-11(14-10)9(3)4/h8,10-11H,3,7H2,1-2,4-6H3. The van der Waals surface area contributed by atoms with Crippen LogP contribution in [-0.2, 0) is 9.47 Å². The quantitative estimate of drug-likeness (QED) is 0.635. The van der Waals surface area contributed by atoms with Crippen molar-refractivity contribution in [3.63, 3.8) is 0 Å². The highest BCUT2D eigenvalue weighted by Gasteiger charge is 2.39. The molecule has 2 atom stereocenters. The summed E-state index contributed by atoms with van der Waals surface area (Å²) < 4.78 is 11.5. The minimum absolute atomic E-state index is 0.0973. The molecule has 1 heterocycles. The first-order chi connectivity index (χ1) is 6.34. The van der Waals surface area contributed by atoms with Crippen LogP contribution in [0.15, 0.2) is 12.2 Å². The molecule has 1 saturated heterocycles. The summed E-state index contributed by atoms with van der Waals surface area (Å²) in [4.78, 5) is 0. The summed E-state index contributed by atoms with van der Waals surface area (Å²) in [5.41, 5.74) is 1.05. The third-order valence-electron chi connectivity index (χ3n) is 2.66. The minimum Gasteiger partial charge on any atom is -0.348 e. The Labute approximate surface area is 87.3 Å². The van der Waals surface area contributed by atoms with E-state index in [0.717, 1.165) is 12.2 Å². The van der Waals surface area contributed by atoms with Crippen LogP contribution < -0.4 is 0 Å². The van der Waals surface area contributed by atoms with Crippen LogP contribution in [0.5, 0.6) is 0 Å². The SMILES string of the molecule is C=C(C)C1OCC(C)(C)C(C(C)C)O1. The molecule has 0 amide bonds. The van der Waals surface area contributed by atoms with Crippen LogP contribution in [0.2, 0.25) is 0 Å². The van der Waals surface area contributed by atoms with Gasteiger partial charge in [0.05, 0.1) is 12.7 Å². The maximum atomic E-state index is 5.90. The maximum Gasteiger partial charge on any atom is 0.179 e. The van der Waals surface area contributed by atoms with Crippen molar-refractivity contribution in [3.8, 4) is 0 Å². The van der Waals surface area contributed by atoms with E-state index in [1.165, 1.54) is 0 Å². The van der Waals surface area contributed by atoms with Crippen LogP contribution in [0.25, 0.3) is 0 Å². The van der Waals surface area contributed by atoms with Crippen molar-refractivity contribution in [2.45, 2.75) is 47.0 Å². The fraction of sp³-hybridized carbons (Fsp3) is 0.833. The molecule has 0 N–H and O–H groups in total. The largest absolute Gasteiger partial charge is 0.348 e. The monoisotopic (exact) mass is 198 g/mol. The molecule has 1 fully saturated rings. The highest BCUT2D eigenvalue weighted by Crippen LogP contribution is 2.35. The van der Waals surface area contributed by atoms with Crippen molar-refractivity contribution < 1.29 is 9.47 Å². The number of ether oxygens (including phenoxy) is 2. The molecule has 0 bridgehead atoms. The first-order valence-electron chi connectivity index (χ1n) is 5.27. The first kappa shape index (κ1) is 11.7. The third kappa shape index (κ3) is 2.37. The Morgan fingerprint density at radius 2 is 2.00 bits per heavy atom. The lowest BCUT2D eigenvalue weighted by Gasteiger charge is -2.44. The van der Waals surface area contributed by atoms with Crippen molar-refractivity contribution >= 4 is 0 Å². The number of hydrogen-bond donors (Lipinski definition) is 0. The van der Waals surface area contributed by atoms with Gasteiger partial charge in [-0.2, -0.15) is 0 Å². The predicted octanol–water partition coefficient (Wildman–Crippen LogP) is 2.99. The summed E-state index contributed by atoms with van der Waals surface area (Å²) in [6, 6.07) is 0. The summed E-state index contributed by atoms with van der Waals surface area (Å²) in [6.45, 7) is 15.3. The normalized spacial score (nSPS) is 31.9. The van der Waals surface area contributed by atoms with Gasteiger partial charge < -0.3 is 9.47 Å². The van der Waals surface area contributed by atoms with Gasteiger partial charge >= 0.3 is 0 Å². The molecule has 1 aliphatic rings. The van der Waals surface area contributed by atoms with Crippen LogP contribution in [0.3, 0.4) is 0 Å². The van der Waals surface area contributed by atoms with Gasteiger partial charge in [-0.05, 0) is 18.4 Å². The molecule has 14 heavy (non-hydrogen) atoms. The van der Waals surface area contributed by atoms with Gasteiger partial charge in [-0.1, -0.05) is 34.3 Å². The van der Waals surface area contributed by atoms with Crippen molar-refractivity contribution in [2.75, 3.05) is 6.61 Å². The summed E-state index contributed by atoms with van der Waals surface area (Å²) in [7, 11) is 0. The Balaban J connectivity index is 2.72. The number of rotatable bonds is 2. The molecule has 0 spiro atoms. The highest BCUT2D eigenvalue weighted by molar-refractivity contribution is 4.97. The minimum atomic E-state index is -0.213. The zero-order valence-corrected chi connectivity index (χ0v) is 9.96. The molecule has 1 rings (SSSR count). The van der Waals surface area contributed by atoms with Gasteiger partial charge in [-0.15, -0.1) is 0 Å². The van der Waals surface area contributed by atoms with Gasteiger partial charge in [0.25, 0.3) is 0 Å². The van der Waals surface area contributed by atoms with Crippen LogP contribution in [0, 0.1) is 11.3 Å². The number of hydrogen-bond acceptors (Lipinski definition) is 2. The highest BCUT2D eigenvalue weighted by atomic mass is 16.7. The van der Waals surface area contributed by atoms with Gasteiger partial charge in [0.1, 0.15) is 0 Å². The smallest absolute Gasteiger partial charge is 0.179 e. The fourth-order valence-electron chi connectivity index (χ4n) is 2.05. The van der Waals surface area contributed by atoms with Crippen molar-refractivity contribution in [3.05, 3.63) is 12.2 Å². The fourth-order valence-corrected chi connectivity index (χ4v) is 2.05. The molecule has 0 aliphatic carbocycles. The lowest BCUT2D eigenvalue weighted by atomic mass is 9.80. The zero-order valence-electron chi connectivity index (χ0n) is 9.96. The second-order valence-corrected chi connectivity index (χ2v) is 5.28. The van der Waals surface area contributed by atoms with Gasteiger partial charge in [0, 0.05) is 5.41 Å². The molecule has 0 saturated carbocycles.